The molecule has 0 aliphatic rings. The van der Waals surface area contributed by atoms with Crippen LogP contribution in [0.15, 0.2) is 24.8 Å². The molecule has 0 aliphatic carbocycles. The van der Waals surface area contributed by atoms with Crippen LogP contribution in [-0.4, -0.2) is 12.9 Å². The average Bonchev–Trinajstić information content (AvgIpc) is 2.25. The standard InChI is InChI=1S/C15H20O2/c1-10(2)13-9-11(17-6)7-8-12(13)14(16)15(3,4)5/h7-9H,1H2,2-6H3. The molecule has 1 aromatic rings. The number of Topliss-reactive ketones (excluding diaryl/α,β-unsaturated/α-hetero) is 1. The SMILES string of the molecule is C=C(C)c1cc(OC)ccc1C(=O)C(C)(C)C. The van der Waals surface area contributed by atoms with Crippen molar-refractivity contribution in [2.45, 2.75) is 27.7 Å². The smallest absolute Gasteiger partial charge is 0.168 e. The molecule has 0 bridgehead atoms. The summed E-state index contributed by atoms with van der Waals surface area (Å²) in [6, 6.07) is 5.49. The molecular weight excluding hydrogens is 212 g/mol. The highest BCUT2D eigenvalue weighted by molar-refractivity contribution is 6.03. The summed E-state index contributed by atoms with van der Waals surface area (Å²) in [6.45, 7) is 11.6. The molecule has 2 heteroatoms. The summed E-state index contributed by atoms with van der Waals surface area (Å²) in [5.74, 6) is 0.867. The third-order valence-corrected chi connectivity index (χ3v) is 2.61. The van der Waals surface area contributed by atoms with E-state index in [1.54, 1.807) is 7.11 Å². The lowest BCUT2D eigenvalue weighted by atomic mass is 9.83. The van der Waals surface area contributed by atoms with E-state index in [2.05, 4.69) is 6.58 Å². The van der Waals surface area contributed by atoms with Crippen molar-refractivity contribution < 1.29 is 9.53 Å². The zero-order valence-electron chi connectivity index (χ0n) is 11.3. The fourth-order valence-corrected chi connectivity index (χ4v) is 1.61. The number of allylic oxidation sites excluding steroid dienone is 1. The van der Waals surface area contributed by atoms with Crippen molar-refractivity contribution in [1.29, 1.82) is 0 Å². The topological polar surface area (TPSA) is 26.3 Å². The molecule has 1 aromatic carbocycles. The van der Waals surface area contributed by atoms with Crippen LogP contribution < -0.4 is 4.74 Å². The summed E-state index contributed by atoms with van der Waals surface area (Å²) in [7, 11) is 1.61. The van der Waals surface area contributed by atoms with E-state index in [1.165, 1.54) is 0 Å². The fraction of sp³-hybridized carbons (Fsp3) is 0.400. The van der Waals surface area contributed by atoms with Gasteiger partial charge in [-0.15, -0.1) is 0 Å². The minimum absolute atomic E-state index is 0.123. The first-order chi connectivity index (χ1) is 7.77. The molecule has 0 heterocycles. The minimum Gasteiger partial charge on any atom is -0.497 e. The lowest BCUT2D eigenvalue weighted by molar-refractivity contribution is 0.0858. The van der Waals surface area contributed by atoms with E-state index in [0.717, 1.165) is 16.9 Å². The van der Waals surface area contributed by atoms with E-state index in [0.29, 0.717) is 5.56 Å². The van der Waals surface area contributed by atoms with Crippen LogP contribution in [0.1, 0.15) is 43.6 Å². The van der Waals surface area contributed by atoms with Gasteiger partial charge in [0.1, 0.15) is 5.75 Å². The molecule has 0 unspecified atom stereocenters. The molecular formula is C15H20O2. The van der Waals surface area contributed by atoms with Crippen LogP contribution in [0.5, 0.6) is 5.75 Å². The van der Waals surface area contributed by atoms with Crippen LogP contribution in [0.2, 0.25) is 0 Å². The number of methoxy groups -OCH3 is 1. The number of benzene rings is 1. The third-order valence-electron chi connectivity index (χ3n) is 2.61. The lowest BCUT2D eigenvalue weighted by Crippen LogP contribution is -2.21. The molecule has 0 radical (unpaired) electrons. The van der Waals surface area contributed by atoms with Gasteiger partial charge in [0.2, 0.25) is 0 Å². The molecule has 92 valence electrons. The van der Waals surface area contributed by atoms with Gasteiger partial charge in [-0.05, 0) is 30.7 Å². The summed E-state index contributed by atoms with van der Waals surface area (Å²) >= 11 is 0. The molecule has 0 atom stereocenters. The number of carbonyl (C=O) groups excluding carboxylic acids is 1. The van der Waals surface area contributed by atoms with Crippen LogP contribution in [0.3, 0.4) is 0 Å². The Balaban J connectivity index is 3.34. The largest absolute Gasteiger partial charge is 0.497 e. The minimum atomic E-state index is -0.390. The molecule has 0 N–H and O–H groups in total. The Hall–Kier alpha value is -1.57. The molecule has 0 aromatic heterocycles. The van der Waals surface area contributed by atoms with Crippen LogP contribution in [0, 0.1) is 5.41 Å². The quantitative estimate of drug-likeness (QED) is 0.737. The molecule has 0 aliphatic heterocycles. The Kier molecular flexibility index (Phi) is 3.76. The van der Waals surface area contributed by atoms with Crippen LogP contribution >= 0.6 is 0 Å². The molecule has 2 nitrogen and oxygen atoms in total. The number of ketones is 1. The Morgan fingerprint density at radius 1 is 1.24 bits per heavy atom. The Morgan fingerprint density at radius 3 is 2.24 bits per heavy atom. The predicted octanol–water partition coefficient (Wildman–Crippen LogP) is 3.96. The summed E-state index contributed by atoms with van der Waals surface area (Å²) in [4.78, 5) is 12.3. The van der Waals surface area contributed by atoms with Gasteiger partial charge in [0.25, 0.3) is 0 Å². The van der Waals surface area contributed by atoms with E-state index < -0.39 is 5.41 Å². The molecule has 17 heavy (non-hydrogen) atoms. The van der Waals surface area contributed by atoms with Crippen molar-refractivity contribution >= 4 is 11.4 Å². The highest BCUT2D eigenvalue weighted by Gasteiger charge is 2.25. The number of hydrogen-bond acceptors (Lipinski definition) is 2. The highest BCUT2D eigenvalue weighted by atomic mass is 16.5. The van der Waals surface area contributed by atoms with Gasteiger partial charge >= 0.3 is 0 Å². The monoisotopic (exact) mass is 232 g/mol. The van der Waals surface area contributed by atoms with Crippen LogP contribution in [0.4, 0.5) is 0 Å². The second-order valence-corrected chi connectivity index (χ2v) is 5.27. The first kappa shape index (κ1) is 13.5. The van der Waals surface area contributed by atoms with Crippen LogP contribution in [0.25, 0.3) is 5.57 Å². The molecule has 1 rings (SSSR count). The van der Waals surface area contributed by atoms with Gasteiger partial charge in [0.05, 0.1) is 7.11 Å². The Bertz CT molecular complexity index is 450. The number of hydrogen-bond donors (Lipinski definition) is 0. The van der Waals surface area contributed by atoms with Crippen molar-refractivity contribution in [2.24, 2.45) is 5.41 Å². The van der Waals surface area contributed by atoms with Crippen molar-refractivity contribution in [2.75, 3.05) is 7.11 Å². The maximum atomic E-state index is 12.3. The summed E-state index contributed by atoms with van der Waals surface area (Å²) in [5, 5.41) is 0. The maximum absolute atomic E-state index is 12.3. The first-order valence-electron chi connectivity index (χ1n) is 5.66. The summed E-state index contributed by atoms with van der Waals surface area (Å²) in [5.41, 5.74) is 2.06. The summed E-state index contributed by atoms with van der Waals surface area (Å²) < 4.78 is 5.17. The van der Waals surface area contributed by atoms with Crippen molar-refractivity contribution in [1.82, 2.24) is 0 Å². The number of ether oxygens (including phenoxy) is 1. The normalized spacial score (nSPS) is 11.1. The molecule has 0 spiro atoms. The molecule has 0 saturated carbocycles. The molecule has 0 amide bonds. The number of rotatable bonds is 3. The predicted molar refractivity (Wildman–Crippen MR) is 71.5 cm³/mol. The number of carbonyl (C=O) groups is 1. The average molecular weight is 232 g/mol. The second kappa shape index (κ2) is 4.74. The van der Waals surface area contributed by atoms with Gasteiger partial charge in [0, 0.05) is 11.0 Å². The van der Waals surface area contributed by atoms with Crippen LogP contribution in [-0.2, 0) is 0 Å². The van der Waals surface area contributed by atoms with E-state index >= 15 is 0 Å². The first-order valence-corrected chi connectivity index (χ1v) is 5.66. The van der Waals surface area contributed by atoms with E-state index in [9.17, 15) is 4.79 Å². The maximum Gasteiger partial charge on any atom is 0.168 e. The van der Waals surface area contributed by atoms with E-state index in [4.69, 9.17) is 4.74 Å². The van der Waals surface area contributed by atoms with Gasteiger partial charge < -0.3 is 4.74 Å². The van der Waals surface area contributed by atoms with Gasteiger partial charge in [-0.2, -0.15) is 0 Å². The fourth-order valence-electron chi connectivity index (χ4n) is 1.61. The van der Waals surface area contributed by atoms with E-state index in [-0.39, 0.29) is 5.78 Å². The lowest BCUT2D eigenvalue weighted by Gasteiger charge is -2.19. The van der Waals surface area contributed by atoms with Gasteiger partial charge in [0.15, 0.2) is 5.78 Å². The van der Waals surface area contributed by atoms with Crippen molar-refractivity contribution in [3.8, 4) is 5.75 Å². The Morgan fingerprint density at radius 2 is 1.82 bits per heavy atom. The zero-order chi connectivity index (χ0) is 13.2. The van der Waals surface area contributed by atoms with Crippen molar-refractivity contribution in [3.63, 3.8) is 0 Å². The van der Waals surface area contributed by atoms with Gasteiger partial charge in [-0.3, -0.25) is 4.79 Å². The second-order valence-electron chi connectivity index (χ2n) is 5.27. The molecule has 0 saturated heterocycles. The Labute approximate surface area is 103 Å². The third kappa shape index (κ3) is 2.96. The van der Waals surface area contributed by atoms with Gasteiger partial charge in [-0.25, -0.2) is 0 Å². The van der Waals surface area contributed by atoms with E-state index in [1.807, 2.05) is 45.9 Å². The van der Waals surface area contributed by atoms with Crippen molar-refractivity contribution in [3.05, 3.63) is 35.9 Å². The van der Waals surface area contributed by atoms with Gasteiger partial charge in [-0.1, -0.05) is 32.9 Å². The molecule has 0 fully saturated rings. The zero-order valence-corrected chi connectivity index (χ0v) is 11.3. The summed E-state index contributed by atoms with van der Waals surface area (Å²) in [6.07, 6.45) is 0. The highest BCUT2D eigenvalue weighted by Crippen LogP contribution is 2.29.